The summed E-state index contributed by atoms with van der Waals surface area (Å²) in [5.74, 6) is -0.413. The first-order valence-electron chi connectivity index (χ1n) is 7.24. The number of carboxylic acid groups (broad SMARTS) is 1. The molecule has 1 aliphatic rings. The molecule has 23 heavy (non-hydrogen) atoms. The van der Waals surface area contributed by atoms with Gasteiger partial charge in [0.1, 0.15) is 12.4 Å². The topological polar surface area (TPSA) is 83.9 Å². The Bertz CT molecular complexity index is 617. The zero-order chi connectivity index (χ0) is 16.2. The predicted molar refractivity (Wildman–Crippen MR) is 89.1 cm³/mol. The molecule has 8 heteroatoms. The monoisotopic (exact) mass is 363 g/mol. The largest absolute Gasteiger partial charge is 0.492 e. The molecule has 0 saturated carbocycles. The number of nitrogens with zero attached hydrogens (tertiary/aromatic N) is 1. The first kappa shape index (κ1) is 19.7. The van der Waals surface area contributed by atoms with E-state index in [2.05, 4.69) is 4.90 Å². The highest BCUT2D eigenvalue weighted by atomic mass is 35.5. The van der Waals surface area contributed by atoms with E-state index in [1.165, 1.54) is 12.1 Å². The quantitative estimate of drug-likeness (QED) is 0.828. The van der Waals surface area contributed by atoms with Crippen LogP contribution in [0.4, 0.5) is 0 Å². The molecule has 1 aromatic rings. The molecule has 0 radical (unpaired) electrons. The number of hydrogen-bond donors (Lipinski definition) is 1. The van der Waals surface area contributed by atoms with Gasteiger partial charge in [0.05, 0.1) is 10.8 Å². The average molecular weight is 364 g/mol. The standard InChI is InChI=1S/C15H21NO5S.ClH/c1-22(19,20)14-6-4-13(5-7-14)21-10-9-16-8-2-3-12(11-16)15(17)18;/h4-7,12H,2-3,8-11H2,1H3,(H,17,18);1H. The van der Waals surface area contributed by atoms with Crippen LogP contribution in [0.2, 0.25) is 0 Å². The Morgan fingerprint density at radius 3 is 2.57 bits per heavy atom. The van der Waals surface area contributed by atoms with Gasteiger partial charge in [-0.3, -0.25) is 9.69 Å². The molecule has 1 heterocycles. The van der Waals surface area contributed by atoms with E-state index in [-0.39, 0.29) is 23.2 Å². The lowest BCUT2D eigenvalue weighted by Gasteiger charge is -2.30. The molecule has 1 fully saturated rings. The molecule has 2 rings (SSSR count). The van der Waals surface area contributed by atoms with Crippen molar-refractivity contribution in [3.05, 3.63) is 24.3 Å². The Kier molecular flexibility index (Phi) is 7.31. The molecule has 6 nitrogen and oxygen atoms in total. The summed E-state index contributed by atoms with van der Waals surface area (Å²) in [4.78, 5) is 13.4. The van der Waals surface area contributed by atoms with Crippen molar-refractivity contribution in [3.8, 4) is 5.75 Å². The van der Waals surface area contributed by atoms with Crippen LogP contribution in [-0.2, 0) is 14.6 Å². The lowest BCUT2D eigenvalue weighted by molar-refractivity contribution is -0.143. The van der Waals surface area contributed by atoms with Crippen LogP contribution in [0.25, 0.3) is 0 Å². The number of likely N-dealkylation sites (tertiary alicyclic amines) is 1. The minimum absolute atomic E-state index is 0. The van der Waals surface area contributed by atoms with E-state index in [0.29, 0.717) is 25.4 Å². The first-order chi connectivity index (χ1) is 10.4. The third kappa shape index (κ3) is 6.01. The molecule has 1 N–H and O–H groups in total. The van der Waals surface area contributed by atoms with E-state index in [0.717, 1.165) is 25.6 Å². The van der Waals surface area contributed by atoms with Crippen molar-refractivity contribution in [2.24, 2.45) is 5.92 Å². The fourth-order valence-electron chi connectivity index (χ4n) is 2.54. The summed E-state index contributed by atoms with van der Waals surface area (Å²) in [6.45, 7) is 2.56. The van der Waals surface area contributed by atoms with Crippen LogP contribution < -0.4 is 4.74 Å². The van der Waals surface area contributed by atoms with Crippen molar-refractivity contribution < 1.29 is 23.1 Å². The van der Waals surface area contributed by atoms with Crippen LogP contribution in [-0.4, -0.2) is 56.9 Å². The number of benzene rings is 1. The Labute approximate surface area is 142 Å². The van der Waals surface area contributed by atoms with Gasteiger partial charge in [0.15, 0.2) is 9.84 Å². The van der Waals surface area contributed by atoms with E-state index in [1.807, 2.05) is 0 Å². The van der Waals surface area contributed by atoms with Crippen LogP contribution in [0.5, 0.6) is 5.75 Å². The summed E-state index contributed by atoms with van der Waals surface area (Å²) in [6.07, 6.45) is 2.79. The number of piperidine rings is 1. The molecule has 1 aliphatic heterocycles. The maximum atomic E-state index is 11.4. The van der Waals surface area contributed by atoms with Gasteiger partial charge in [-0.1, -0.05) is 0 Å². The Hall–Kier alpha value is -1.31. The zero-order valence-electron chi connectivity index (χ0n) is 13.0. The number of carboxylic acids is 1. The van der Waals surface area contributed by atoms with Crippen molar-refractivity contribution in [2.45, 2.75) is 17.7 Å². The molecule has 130 valence electrons. The molecule has 1 unspecified atom stereocenters. The molecule has 0 amide bonds. The zero-order valence-corrected chi connectivity index (χ0v) is 14.6. The van der Waals surface area contributed by atoms with Gasteiger partial charge in [-0.25, -0.2) is 8.42 Å². The lowest BCUT2D eigenvalue weighted by Crippen LogP contribution is -2.40. The number of ether oxygens (including phenoxy) is 1. The fourth-order valence-corrected chi connectivity index (χ4v) is 3.17. The molecule has 0 aliphatic carbocycles. The van der Waals surface area contributed by atoms with Gasteiger partial charge < -0.3 is 9.84 Å². The predicted octanol–water partition coefficient (Wildman–Crippen LogP) is 1.69. The SMILES string of the molecule is CS(=O)(=O)c1ccc(OCCN2CCCC(C(=O)O)C2)cc1.Cl. The number of hydrogen-bond acceptors (Lipinski definition) is 5. The summed E-state index contributed by atoms with van der Waals surface area (Å²) in [6, 6.07) is 6.30. The Morgan fingerprint density at radius 2 is 2.00 bits per heavy atom. The van der Waals surface area contributed by atoms with Crippen LogP contribution >= 0.6 is 12.4 Å². The van der Waals surface area contributed by atoms with Gasteiger partial charge in [0.25, 0.3) is 0 Å². The van der Waals surface area contributed by atoms with E-state index < -0.39 is 15.8 Å². The minimum Gasteiger partial charge on any atom is -0.492 e. The number of aliphatic carboxylic acids is 1. The second kappa shape index (κ2) is 8.52. The summed E-state index contributed by atoms with van der Waals surface area (Å²) in [5, 5.41) is 9.04. The fraction of sp³-hybridized carbons (Fsp3) is 0.533. The first-order valence-corrected chi connectivity index (χ1v) is 9.13. The minimum atomic E-state index is -3.19. The summed E-state index contributed by atoms with van der Waals surface area (Å²) < 4.78 is 28.3. The second-order valence-electron chi connectivity index (χ2n) is 5.57. The average Bonchev–Trinajstić information content (AvgIpc) is 2.47. The van der Waals surface area contributed by atoms with E-state index >= 15 is 0 Å². The molecule has 0 spiro atoms. The van der Waals surface area contributed by atoms with Crippen LogP contribution in [0, 0.1) is 5.92 Å². The summed E-state index contributed by atoms with van der Waals surface area (Å²) in [7, 11) is -3.19. The molecule has 1 atom stereocenters. The van der Waals surface area contributed by atoms with Gasteiger partial charge in [0, 0.05) is 19.3 Å². The third-order valence-electron chi connectivity index (χ3n) is 3.78. The van der Waals surface area contributed by atoms with Crippen molar-refractivity contribution in [1.29, 1.82) is 0 Å². The van der Waals surface area contributed by atoms with Crippen LogP contribution in [0.15, 0.2) is 29.2 Å². The number of halogens is 1. The molecular weight excluding hydrogens is 342 g/mol. The number of sulfone groups is 1. The van der Waals surface area contributed by atoms with Gasteiger partial charge >= 0.3 is 5.97 Å². The normalized spacial score (nSPS) is 18.9. The van der Waals surface area contributed by atoms with Crippen molar-refractivity contribution >= 4 is 28.2 Å². The summed E-state index contributed by atoms with van der Waals surface area (Å²) >= 11 is 0. The Balaban J connectivity index is 0.00000264. The maximum absolute atomic E-state index is 11.4. The van der Waals surface area contributed by atoms with E-state index in [9.17, 15) is 13.2 Å². The molecule has 1 saturated heterocycles. The molecule has 0 bridgehead atoms. The Morgan fingerprint density at radius 1 is 1.35 bits per heavy atom. The second-order valence-corrected chi connectivity index (χ2v) is 7.59. The summed E-state index contributed by atoms with van der Waals surface area (Å²) in [5.41, 5.74) is 0. The highest BCUT2D eigenvalue weighted by molar-refractivity contribution is 7.90. The highest BCUT2D eigenvalue weighted by Crippen LogP contribution is 2.18. The lowest BCUT2D eigenvalue weighted by atomic mass is 9.98. The van der Waals surface area contributed by atoms with Gasteiger partial charge in [-0.15, -0.1) is 12.4 Å². The van der Waals surface area contributed by atoms with Crippen molar-refractivity contribution in [1.82, 2.24) is 4.90 Å². The van der Waals surface area contributed by atoms with Crippen LogP contribution in [0.1, 0.15) is 12.8 Å². The van der Waals surface area contributed by atoms with Gasteiger partial charge in [-0.2, -0.15) is 0 Å². The molecule has 1 aromatic carbocycles. The highest BCUT2D eigenvalue weighted by Gasteiger charge is 2.24. The van der Waals surface area contributed by atoms with Crippen LogP contribution in [0.3, 0.4) is 0 Å². The van der Waals surface area contributed by atoms with Gasteiger partial charge in [-0.05, 0) is 43.7 Å². The van der Waals surface area contributed by atoms with Crippen molar-refractivity contribution in [3.63, 3.8) is 0 Å². The number of rotatable bonds is 6. The molecular formula is C15H22ClNO5S. The van der Waals surface area contributed by atoms with Crippen molar-refractivity contribution in [2.75, 3.05) is 32.5 Å². The maximum Gasteiger partial charge on any atom is 0.307 e. The smallest absolute Gasteiger partial charge is 0.307 e. The number of carbonyl (C=O) groups is 1. The molecule has 0 aromatic heterocycles. The van der Waals surface area contributed by atoms with E-state index in [4.69, 9.17) is 9.84 Å². The third-order valence-corrected chi connectivity index (χ3v) is 4.91. The van der Waals surface area contributed by atoms with E-state index in [1.54, 1.807) is 12.1 Å². The van der Waals surface area contributed by atoms with Gasteiger partial charge in [0.2, 0.25) is 0 Å².